The highest BCUT2D eigenvalue weighted by atomic mass is 79.9. The van der Waals surface area contributed by atoms with Crippen LogP contribution in [0.3, 0.4) is 0 Å². The van der Waals surface area contributed by atoms with Gasteiger partial charge in [0.1, 0.15) is 0 Å². The predicted octanol–water partition coefficient (Wildman–Crippen LogP) is 3.05. The first kappa shape index (κ1) is 15.3. The summed E-state index contributed by atoms with van der Waals surface area (Å²) < 4.78 is 0.996. The van der Waals surface area contributed by atoms with Gasteiger partial charge in [-0.15, -0.1) is 0 Å². The number of piperidine rings is 1. The fraction of sp³-hybridized carbons (Fsp3) is 0.438. The van der Waals surface area contributed by atoms with Crippen LogP contribution >= 0.6 is 15.9 Å². The number of nitrogens with zero attached hydrogens (tertiary/aromatic N) is 1. The highest BCUT2D eigenvalue weighted by Crippen LogP contribution is 2.20. The number of carbonyl (C=O) groups excluding carboxylic acids is 1. The molecule has 2 unspecified atom stereocenters. The summed E-state index contributed by atoms with van der Waals surface area (Å²) in [5.41, 5.74) is 6.97. The van der Waals surface area contributed by atoms with Crippen LogP contribution in [0, 0.1) is 5.92 Å². The first-order valence-corrected chi connectivity index (χ1v) is 7.84. The summed E-state index contributed by atoms with van der Waals surface area (Å²) in [4.78, 5) is 14.1. The molecular formula is C16H21BrN2O. The summed E-state index contributed by atoms with van der Waals surface area (Å²) in [6.45, 7) is 3.63. The second-order valence-corrected chi connectivity index (χ2v) is 6.25. The number of benzene rings is 1. The van der Waals surface area contributed by atoms with E-state index in [0.717, 1.165) is 36.0 Å². The van der Waals surface area contributed by atoms with E-state index in [1.165, 1.54) is 0 Å². The SMILES string of the molecule is CC(N)C1CCCN(C(=O)C=Cc2ccccc2Br)C1. The van der Waals surface area contributed by atoms with E-state index in [1.807, 2.05) is 42.2 Å². The van der Waals surface area contributed by atoms with Gasteiger partial charge in [-0.3, -0.25) is 4.79 Å². The quantitative estimate of drug-likeness (QED) is 0.862. The van der Waals surface area contributed by atoms with Gasteiger partial charge in [0.05, 0.1) is 0 Å². The zero-order chi connectivity index (χ0) is 14.5. The Kier molecular flexibility index (Phi) is 5.38. The summed E-state index contributed by atoms with van der Waals surface area (Å²) in [6.07, 6.45) is 5.68. The summed E-state index contributed by atoms with van der Waals surface area (Å²) in [5.74, 6) is 0.496. The molecule has 1 aliphatic rings. The summed E-state index contributed by atoms with van der Waals surface area (Å²) in [6, 6.07) is 8.02. The van der Waals surface area contributed by atoms with Crippen LogP contribution in [0.15, 0.2) is 34.8 Å². The minimum absolute atomic E-state index is 0.0751. The van der Waals surface area contributed by atoms with Crippen LogP contribution in [0.1, 0.15) is 25.3 Å². The number of hydrogen-bond donors (Lipinski definition) is 1. The van der Waals surface area contributed by atoms with Crippen LogP contribution in [-0.2, 0) is 4.79 Å². The van der Waals surface area contributed by atoms with Gasteiger partial charge in [-0.25, -0.2) is 0 Å². The molecule has 1 aliphatic heterocycles. The molecule has 2 atom stereocenters. The van der Waals surface area contributed by atoms with Crippen molar-refractivity contribution in [3.63, 3.8) is 0 Å². The van der Waals surface area contributed by atoms with Gasteiger partial charge in [-0.1, -0.05) is 34.1 Å². The Bertz CT molecular complexity index is 499. The van der Waals surface area contributed by atoms with E-state index < -0.39 is 0 Å². The highest BCUT2D eigenvalue weighted by molar-refractivity contribution is 9.10. The molecule has 2 rings (SSSR count). The van der Waals surface area contributed by atoms with E-state index in [2.05, 4.69) is 15.9 Å². The van der Waals surface area contributed by atoms with E-state index in [-0.39, 0.29) is 11.9 Å². The Morgan fingerprint density at radius 2 is 2.25 bits per heavy atom. The molecule has 1 aromatic rings. The largest absolute Gasteiger partial charge is 0.339 e. The summed E-state index contributed by atoms with van der Waals surface area (Å²) in [5, 5.41) is 0. The molecule has 0 aliphatic carbocycles. The van der Waals surface area contributed by atoms with Gasteiger partial charge in [0.2, 0.25) is 5.91 Å². The smallest absolute Gasteiger partial charge is 0.246 e. The fourth-order valence-corrected chi connectivity index (χ4v) is 2.93. The maximum absolute atomic E-state index is 12.2. The van der Waals surface area contributed by atoms with Crippen molar-refractivity contribution >= 4 is 27.9 Å². The maximum atomic E-state index is 12.2. The molecule has 0 radical (unpaired) electrons. The lowest BCUT2D eigenvalue weighted by atomic mass is 9.92. The Labute approximate surface area is 129 Å². The third-order valence-electron chi connectivity index (χ3n) is 3.82. The van der Waals surface area contributed by atoms with Crippen LogP contribution < -0.4 is 5.73 Å². The minimum Gasteiger partial charge on any atom is -0.339 e. The normalized spacial score (nSPS) is 21.1. The Morgan fingerprint density at radius 3 is 2.95 bits per heavy atom. The van der Waals surface area contributed by atoms with Crippen molar-refractivity contribution in [1.82, 2.24) is 4.90 Å². The van der Waals surface area contributed by atoms with Crippen LogP contribution in [0.25, 0.3) is 6.08 Å². The lowest BCUT2D eigenvalue weighted by Gasteiger charge is -2.34. The molecule has 0 spiro atoms. The van der Waals surface area contributed by atoms with Crippen molar-refractivity contribution in [1.29, 1.82) is 0 Å². The first-order valence-electron chi connectivity index (χ1n) is 7.05. The number of nitrogens with two attached hydrogens (primary N) is 1. The van der Waals surface area contributed by atoms with Gasteiger partial charge >= 0.3 is 0 Å². The zero-order valence-corrected chi connectivity index (χ0v) is 13.3. The van der Waals surface area contributed by atoms with Gasteiger partial charge in [-0.05, 0) is 43.4 Å². The lowest BCUT2D eigenvalue weighted by Crippen LogP contribution is -2.44. The number of amides is 1. The number of halogens is 1. The molecule has 20 heavy (non-hydrogen) atoms. The average Bonchev–Trinajstić information content (AvgIpc) is 2.46. The molecule has 0 saturated carbocycles. The van der Waals surface area contributed by atoms with Gasteiger partial charge < -0.3 is 10.6 Å². The fourth-order valence-electron chi connectivity index (χ4n) is 2.52. The zero-order valence-electron chi connectivity index (χ0n) is 11.8. The number of likely N-dealkylation sites (tertiary alicyclic amines) is 1. The molecule has 3 nitrogen and oxygen atoms in total. The molecule has 108 valence electrons. The van der Waals surface area contributed by atoms with Gasteiger partial charge in [0.15, 0.2) is 0 Å². The molecule has 0 bridgehead atoms. The maximum Gasteiger partial charge on any atom is 0.246 e. The monoisotopic (exact) mass is 336 g/mol. The van der Waals surface area contributed by atoms with Crippen molar-refractivity contribution in [2.45, 2.75) is 25.8 Å². The molecule has 2 N–H and O–H groups in total. The summed E-state index contributed by atoms with van der Waals surface area (Å²) >= 11 is 3.48. The van der Waals surface area contributed by atoms with E-state index in [4.69, 9.17) is 5.73 Å². The second-order valence-electron chi connectivity index (χ2n) is 5.40. The van der Waals surface area contributed by atoms with Crippen LogP contribution in [-0.4, -0.2) is 29.9 Å². The Morgan fingerprint density at radius 1 is 1.50 bits per heavy atom. The predicted molar refractivity (Wildman–Crippen MR) is 86.1 cm³/mol. The standard InChI is InChI=1S/C16H21BrN2O/c1-12(18)14-6-4-10-19(11-14)16(20)9-8-13-5-2-3-7-15(13)17/h2-3,5,7-9,12,14H,4,6,10-11,18H2,1H3. The van der Waals surface area contributed by atoms with Crippen LogP contribution in [0.2, 0.25) is 0 Å². The second kappa shape index (κ2) is 7.04. The van der Waals surface area contributed by atoms with Crippen molar-refractivity contribution in [3.05, 3.63) is 40.4 Å². The highest BCUT2D eigenvalue weighted by Gasteiger charge is 2.24. The van der Waals surface area contributed by atoms with Crippen LogP contribution in [0.5, 0.6) is 0 Å². The van der Waals surface area contributed by atoms with Gasteiger partial charge in [0.25, 0.3) is 0 Å². The van der Waals surface area contributed by atoms with E-state index in [0.29, 0.717) is 5.92 Å². The van der Waals surface area contributed by atoms with Crippen molar-refractivity contribution < 1.29 is 4.79 Å². The van der Waals surface area contributed by atoms with Crippen molar-refractivity contribution in [2.75, 3.05) is 13.1 Å². The topological polar surface area (TPSA) is 46.3 Å². The van der Waals surface area contributed by atoms with E-state index in [1.54, 1.807) is 6.08 Å². The number of hydrogen-bond acceptors (Lipinski definition) is 2. The van der Waals surface area contributed by atoms with Gasteiger partial charge in [-0.2, -0.15) is 0 Å². The minimum atomic E-state index is 0.0751. The molecule has 1 fully saturated rings. The van der Waals surface area contributed by atoms with E-state index in [9.17, 15) is 4.79 Å². The number of carbonyl (C=O) groups is 1. The third kappa shape index (κ3) is 3.93. The molecule has 1 aromatic carbocycles. The van der Waals surface area contributed by atoms with Crippen molar-refractivity contribution in [2.24, 2.45) is 11.7 Å². The molecule has 1 heterocycles. The van der Waals surface area contributed by atoms with Crippen molar-refractivity contribution in [3.8, 4) is 0 Å². The molecule has 4 heteroatoms. The Balaban J connectivity index is 1.99. The molecule has 0 aromatic heterocycles. The lowest BCUT2D eigenvalue weighted by molar-refractivity contribution is -0.127. The summed E-state index contributed by atoms with van der Waals surface area (Å²) in [7, 11) is 0. The third-order valence-corrected chi connectivity index (χ3v) is 4.55. The number of rotatable bonds is 3. The molecular weight excluding hydrogens is 316 g/mol. The van der Waals surface area contributed by atoms with Gasteiger partial charge in [0, 0.05) is 29.7 Å². The van der Waals surface area contributed by atoms with E-state index >= 15 is 0 Å². The molecule has 1 amide bonds. The molecule has 1 saturated heterocycles. The average molecular weight is 337 g/mol. The van der Waals surface area contributed by atoms with Crippen LogP contribution in [0.4, 0.5) is 0 Å². The Hall–Kier alpha value is -1.13. The first-order chi connectivity index (χ1) is 9.58.